The molecule has 1 aromatic carbocycles. The number of rotatable bonds is 9. The van der Waals surface area contributed by atoms with Crippen molar-refractivity contribution in [1.82, 2.24) is 5.48 Å². The van der Waals surface area contributed by atoms with Crippen LogP contribution < -0.4 is 10.2 Å². The first-order chi connectivity index (χ1) is 11.1. The first kappa shape index (κ1) is 18.9. The van der Waals surface area contributed by atoms with Crippen LogP contribution in [0.4, 0.5) is 0 Å². The Balaban J connectivity index is 2.68. The second-order valence-corrected chi connectivity index (χ2v) is 4.51. The van der Waals surface area contributed by atoms with Crippen molar-refractivity contribution >= 4 is 5.91 Å². The summed E-state index contributed by atoms with van der Waals surface area (Å²) in [7, 11) is 1.46. The summed E-state index contributed by atoms with van der Waals surface area (Å²) in [5, 5.41) is 27.3. The molecule has 1 amide bonds. The molecule has 0 aliphatic carbocycles. The van der Waals surface area contributed by atoms with Gasteiger partial charge in [-0.2, -0.15) is 0 Å². The molecule has 2 atom stereocenters. The summed E-state index contributed by atoms with van der Waals surface area (Å²) < 4.78 is 10.5. The van der Waals surface area contributed by atoms with Gasteiger partial charge in [0.15, 0.2) is 0 Å². The number of nitrogens with one attached hydrogen (secondary N) is 1. The van der Waals surface area contributed by atoms with Crippen molar-refractivity contribution < 1.29 is 29.7 Å². The summed E-state index contributed by atoms with van der Waals surface area (Å²) in [5.41, 5.74) is 2.10. The number of carbonyl (C=O) groups excluding carboxylic acids is 1. The Kier molecular flexibility index (Phi) is 8.63. The van der Waals surface area contributed by atoms with E-state index in [9.17, 15) is 9.90 Å². The van der Waals surface area contributed by atoms with Gasteiger partial charge in [-0.25, -0.2) is 5.48 Å². The van der Waals surface area contributed by atoms with E-state index in [1.165, 1.54) is 24.7 Å². The molecule has 0 saturated heterocycles. The minimum atomic E-state index is -0.900. The summed E-state index contributed by atoms with van der Waals surface area (Å²) in [4.78, 5) is 10.8. The quantitative estimate of drug-likeness (QED) is 0.231. The van der Waals surface area contributed by atoms with Crippen molar-refractivity contribution in [2.45, 2.75) is 12.2 Å². The second-order valence-electron chi connectivity index (χ2n) is 4.51. The van der Waals surface area contributed by atoms with Crippen LogP contribution in [0.3, 0.4) is 0 Å². The average molecular weight is 323 g/mol. The molecule has 0 saturated carbocycles. The number of aliphatic hydroxyl groups excluding tert-OH is 2. The van der Waals surface area contributed by atoms with Gasteiger partial charge in [0.1, 0.15) is 24.6 Å². The van der Waals surface area contributed by atoms with Gasteiger partial charge < -0.3 is 19.7 Å². The van der Waals surface area contributed by atoms with Gasteiger partial charge in [-0.3, -0.25) is 10.0 Å². The third-order valence-electron chi connectivity index (χ3n) is 2.93. The zero-order valence-electron chi connectivity index (χ0n) is 12.8. The van der Waals surface area contributed by atoms with E-state index < -0.39 is 18.1 Å². The number of allylic oxidation sites excluding steroid dienone is 2. The highest BCUT2D eigenvalue weighted by Gasteiger charge is 2.17. The number of hydrogen-bond donors (Lipinski definition) is 4. The largest absolute Gasteiger partial charge is 0.491 e. The maximum Gasteiger partial charge on any atom is 0.267 e. The third kappa shape index (κ3) is 6.62. The van der Waals surface area contributed by atoms with Crippen molar-refractivity contribution in [3.63, 3.8) is 0 Å². The number of hydroxylamine groups is 1. The molecular formula is C16H21NO6. The van der Waals surface area contributed by atoms with E-state index in [1.807, 2.05) is 0 Å². The lowest BCUT2D eigenvalue weighted by Crippen LogP contribution is -2.18. The summed E-state index contributed by atoms with van der Waals surface area (Å²) in [6.45, 7) is 0.141. The molecule has 0 aliphatic heterocycles. The lowest BCUT2D eigenvalue weighted by atomic mass is 10.0. The number of ether oxygens (including phenoxy) is 2. The molecule has 0 radical (unpaired) electrons. The van der Waals surface area contributed by atoms with Gasteiger partial charge in [0.25, 0.3) is 5.91 Å². The minimum Gasteiger partial charge on any atom is -0.491 e. The van der Waals surface area contributed by atoms with E-state index in [2.05, 4.69) is 0 Å². The normalized spacial score (nSPS) is 14.1. The third-order valence-corrected chi connectivity index (χ3v) is 2.93. The highest BCUT2D eigenvalue weighted by atomic mass is 16.5. The van der Waals surface area contributed by atoms with Crippen LogP contribution in [0.2, 0.25) is 0 Å². The molecule has 126 valence electrons. The molecule has 0 aliphatic rings. The molecule has 7 nitrogen and oxygen atoms in total. The van der Waals surface area contributed by atoms with Gasteiger partial charge >= 0.3 is 0 Å². The zero-order chi connectivity index (χ0) is 17.1. The monoisotopic (exact) mass is 323 g/mol. The van der Waals surface area contributed by atoms with Gasteiger partial charge in [0.05, 0.1) is 6.61 Å². The summed E-state index contributed by atoms with van der Waals surface area (Å²) >= 11 is 0. The standard InChI is InChI=1S/C16H21NO6/c1-22-14(4-2-3-5-15(19)17-21)16(20)12-6-8-13(9-7-12)23-11-10-18/h2-9,14,16,18,20-21H,10-11H2,1H3,(H,17,19)/b4-2+,5-3+/t14-,16-/m0/s1. The smallest absolute Gasteiger partial charge is 0.267 e. The predicted octanol–water partition coefficient (Wildman–Crippen LogP) is 0.724. The van der Waals surface area contributed by atoms with E-state index in [4.69, 9.17) is 19.8 Å². The van der Waals surface area contributed by atoms with E-state index in [0.29, 0.717) is 11.3 Å². The van der Waals surface area contributed by atoms with E-state index in [-0.39, 0.29) is 13.2 Å². The first-order valence-electron chi connectivity index (χ1n) is 6.95. The van der Waals surface area contributed by atoms with E-state index >= 15 is 0 Å². The molecule has 0 heterocycles. The summed E-state index contributed by atoms with van der Waals surface area (Å²) in [5.74, 6) is -0.0555. The minimum absolute atomic E-state index is 0.0667. The fourth-order valence-corrected chi connectivity index (χ4v) is 1.78. The maximum absolute atomic E-state index is 10.8. The molecule has 4 N–H and O–H groups in total. The predicted molar refractivity (Wildman–Crippen MR) is 83.0 cm³/mol. The molecule has 0 aromatic heterocycles. The van der Waals surface area contributed by atoms with Crippen LogP contribution >= 0.6 is 0 Å². The number of methoxy groups -OCH3 is 1. The zero-order valence-corrected chi connectivity index (χ0v) is 12.8. The van der Waals surface area contributed by atoms with Crippen LogP contribution in [0, 0.1) is 0 Å². The average Bonchev–Trinajstić information content (AvgIpc) is 2.59. The van der Waals surface area contributed by atoms with Gasteiger partial charge in [0.2, 0.25) is 0 Å². The van der Waals surface area contributed by atoms with Crippen molar-refractivity contribution in [3.8, 4) is 5.75 Å². The maximum atomic E-state index is 10.8. The Bertz CT molecular complexity index is 526. The number of carbonyl (C=O) groups is 1. The Labute approximate surface area is 134 Å². The van der Waals surface area contributed by atoms with Crippen LogP contribution in [0.5, 0.6) is 5.75 Å². The molecule has 1 aromatic rings. The lowest BCUT2D eigenvalue weighted by molar-refractivity contribution is -0.124. The van der Waals surface area contributed by atoms with Crippen LogP contribution in [0.1, 0.15) is 11.7 Å². The molecule has 0 fully saturated rings. The summed E-state index contributed by atoms with van der Waals surface area (Å²) in [6.07, 6.45) is 4.15. The molecular weight excluding hydrogens is 302 g/mol. The Hall–Kier alpha value is -2.19. The Morgan fingerprint density at radius 3 is 2.57 bits per heavy atom. The SMILES string of the molecule is CO[C@@H](/C=C/C=C/C(=O)NO)[C@@H](O)c1ccc(OCCO)cc1. The topological polar surface area (TPSA) is 108 Å². The van der Waals surface area contributed by atoms with Gasteiger partial charge in [-0.15, -0.1) is 0 Å². The highest BCUT2D eigenvalue weighted by Crippen LogP contribution is 2.22. The van der Waals surface area contributed by atoms with Gasteiger partial charge in [-0.05, 0) is 17.7 Å². The fraction of sp³-hybridized carbons (Fsp3) is 0.312. The van der Waals surface area contributed by atoms with Crippen molar-refractivity contribution in [2.24, 2.45) is 0 Å². The van der Waals surface area contributed by atoms with Crippen LogP contribution in [0.15, 0.2) is 48.6 Å². The Morgan fingerprint density at radius 1 is 1.30 bits per heavy atom. The summed E-state index contributed by atoms with van der Waals surface area (Å²) in [6, 6.07) is 6.78. The van der Waals surface area contributed by atoms with Crippen LogP contribution in [-0.2, 0) is 9.53 Å². The number of hydrogen-bond acceptors (Lipinski definition) is 6. The van der Waals surface area contributed by atoms with E-state index in [1.54, 1.807) is 30.3 Å². The van der Waals surface area contributed by atoms with Gasteiger partial charge in [-0.1, -0.05) is 30.4 Å². The van der Waals surface area contributed by atoms with Crippen LogP contribution in [0.25, 0.3) is 0 Å². The number of aliphatic hydroxyl groups is 2. The van der Waals surface area contributed by atoms with Crippen molar-refractivity contribution in [2.75, 3.05) is 20.3 Å². The molecule has 0 bridgehead atoms. The highest BCUT2D eigenvalue weighted by molar-refractivity contribution is 5.86. The lowest BCUT2D eigenvalue weighted by Gasteiger charge is -2.19. The van der Waals surface area contributed by atoms with Crippen molar-refractivity contribution in [3.05, 3.63) is 54.1 Å². The number of amides is 1. The Morgan fingerprint density at radius 2 is 2.00 bits per heavy atom. The fourth-order valence-electron chi connectivity index (χ4n) is 1.78. The molecule has 23 heavy (non-hydrogen) atoms. The number of benzene rings is 1. The molecule has 0 spiro atoms. The second kappa shape index (κ2) is 10.5. The van der Waals surface area contributed by atoms with Crippen LogP contribution in [-0.4, -0.2) is 47.8 Å². The van der Waals surface area contributed by atoms with E-state index in [0.717, 1.165) is 6.08 Å². The molecule has 0 unspecified atom stereocenters. The van der Waals surface area contributed by atoms with Crippen molar-refractivity contribution in [1.29, 1.82) is 0 Å². The van der Waals surface area contributed by atoms with Gasteiger partial charge in [0, 0.05) is 13.2 Å². The molecule has 1 rings (SSSR count). The first-order valence-corrected chi connectivity index (χ1v) is 6.95. The molecule has 7 heteroatoms.